The van der Waals surface area contributed by atoms with Crippen molar-refractivity contribution >= 4 is 0 Å². The SMILES string of the molecule is CC#CC#CC=C1OC2(CCC(O)CO2)C(O)C1O. The average molecular weight is 264 g/mol. The van der Waals surface area contributed by atoms with Gasteiger partial charge in [0, 0.05) is 12.5 Å². The maximum absolute atomic E-state index is 10.0. The number of hydrogen-bond donors (Lipinski definition) is 3. The van der Waals surface area contributed by atoms with Gasteiger partial charge >= 0.3 is 0 Å². The average Bonchev–Trinajstić information content (AvgIpc) is 2.64. The fraction of sp³-hybridized carbons (Fsp3) is 0.571. The van der Waals surface area contributed by atoms with Crippen LogP contribution >= 0.6 is 0 Å². The number of allylic oxidation sites excluding steroid dienone is 1. The number of aliphatic hydroxyl groups is 3. The predicted molar refractivity (Wildman–Crippen MR) is 66.3 cm³/mol. The monoisotopic (exact) mass is 264 g/mol. The van der Waals surface area contributed by atoms with Crippen molar-refractivity contribution in [3.63, 3.8) is 0 Å². The zero-order chi connectivity index (χ0) is 13.9. The molecule has 0 aliphatic carbocycles. The minimum atomic E-state index is -1.28. The highest BCUT2D eigenvalue weighted by Gasteiger charge is 2.55. The lowest BCUT2D eigenvalue weighted by atomic mass is 9.97. The number of aliphatic hydroxyl groups excluding tert-OH is 3. The van der Waals surface area contributed by atoms with Gasteiger partial charge in [0.2, 0.25) is 5.79 Å². The third kappa shape index (κ3) is 2.75. The Kier molecular flexibility index (Phi) is 4.14. The summed E-state index contributed by atoms with van der Waals surface area (Å²) >= 11 is 0. The minimum Gasteiger partial charge on any atom is -0.460 e. The van der Waals surface area contributed by atoms with Crippen LogP contribution in [0.5, 0.6) is 0 Å². The van der Waals surface area contributed by atoms with Crippen molar-refractivity contribution in [1.29, 1.82) is 0 Å². The fourth-order valence-corrected chi connectivity index (χ4v) is 2.11. The smallest absolute Gasteiger partial charge is 0.239 e. The summed E-state index contributed by atoms with van der Waals surface area (Å²) in [4.78, 5) is 0. The molecule has 0 aromatic heterocycles. The zero-order valence-electron chi connectivity index (χ0n) is 10.6. The molecule has 2 heterocycles. The van der Waals surface area contributed by atoms with E-state index < -0.39 is 24.1 Å². The molecule has 0 radical (unpaired) electrons. The van der Waals surface area contributed by atoms with Gasteiger partial charge < -0.3 is 24.8 Å². The fourth-order valence-electron chi connectivity index (χ4n) is 2.11. The van der Waals surface area contributed by atoms with Gasteiger partial charge in [0.25, 0.3) is 0 Å². The summed E-state index contributed by atoms with van der Waals surface area (Å²) < 4.78 is 10.9. The van der Waals surface area contributed by atoms with Gasteiger partial charge in [0.1, 0.15) is 11.9 Å². The highest BCUT2D eigenvalue weighted by molar-refractivity contribution is 5.33. The number of hydrogen-bond acceptors (Lipinski definition) is 5. The summed E-state index contributed by atoms with van der Waals surface area (Å²) in [6.45, 7) is 1.74. The molecule has 2 aliphatic rings. The topological polar surface area (TPSA) is 79.2 Å². The molecule has 2 rings (SSSR count). The molecule has 19 heavy (non-hydrogen) atoms. The van der Waals surface area contributed by atoms with Crippen molar-refractivity contribution in [1.82, 2.24) is 0 Å². The third-order valence-electron chi connectivity index (χ3n) is 3.15. The van der Waals surface area contributed by atoms with Crippen molar-refractivity contribution in [2.75, 3.05) is 6.61 Å². The summed E-state index contributed by atoms with van der Waals surface area (Å²) in [6, 6.07) is 0. The zero-order valence-corrected chi connectivity index (χ0v) is 10.6. The normalized spacial score (nSPS) is 39.2. The van der Waals surface area contributed by atoms with E-state index in [-0.39, 0.29) is 12.4 Å². The molecule has 0 saturated carbocycles. The van der Waals surface area contributed by atoms with Crippen LogP contribution in [0.25, 0.3) is 0 Å². The maximum atomic E-state index is 10.0. The van der Waals surface area contributed by atoms with E-state index in [2.05, 4.69) is 23.7 Å². The first-order chi connectivity index (χ1) is 9.09. The van der Waals surface area contributed by atoms with Crippen molar-refractivity contribution in [3.05, 3.63) is 11.8 Å². The van der Waals surface area contributed by atoms with Gasteiger partial charge in [-0.05, 0) is 25.2 Å². The van der Waals surface area contributed by atoms with E-state index in [1.807, 2.05) is 0 Å². The van der Waals surface area contributed by atoms with Crippen molar-refractivity contribution in [2.45, 2.75) is 43.9 Å². The molecule has 0 bridgehead atoms. The molecule has 102 valence electrons. The Morgan fingerprint density at radius 1 is 1.32 bits per heavy atom. The van der Waals surface area contributed by atoms with Crippen LogP contribution in [0.1, 0.15) is 19.8 Å². The van der Waals surface area contributed by atoms with E-state index in [1.165, 1.54) is 6.08 Å². The second-order valence-corrected chi connectivity index (χ2v) is 4.50. The third-order valence-corrected chi connectivity index (χ3v) is 3.15. The van der Waals surface area contributed by atoms with Crippen LogP contribution in [0.4, 0.5) is 0 Å². The molecule has 2 aliphatic heterocycles. The second kappa shape index (κ2) is 5.64. The summed E-state index contributed by atoms with van der Waals surface area (Å²) in [7, 11) is 0. The van der Waals surface area contributed by atoms with Crippen LogP contribution in [-0.4, -0.2) is 46.0 Å². The van der Waals surface area contributed by atoms with E-state index in [4.69, 9.17) is 9.47 Å². The summed E-state index contributed by atoms with van der Waals surface area (Å²) in [5.41, 5.74) is 0. The molecule has 1 spiro atoms. The largest absolute Gasteiger partial charge is 0.460 e. The predicted octanol–water partition coefficient (Wildman–Crippen LogP) is -0.483. The van der Waals surface area contributed by atoms with E-state index >= 15 is 0 Å². The van der Waals surface area contributed by atoms with Gasteiger partial charge in [-0.2, -0.15) is 0 Å². The first kappa shape index (κ1) is 13.9. The van der Waals surface area contributed by atoms with Crippen molar-refractivity contribution < 1.29 is 24.8 Å². The van der Waals surface area contributed by atoms with E-state index in [0.29, 0.717) is 12.8 Å². The Morgan fingerprint density at radius 2 is 2.11 bits per heavy atom. The standard InChI is InChI=1S/C14H16O5/c1-2-3-4-5-6-11-12(16)13(17)14(19-11)8-7-10(15)9-18-14/h6,10,12-13,15-17H,7-9H2,1H3. The van der Waals surface area contributed by atoms with Crippen LogP contribution in [-0.2, 0) is 9.47 Å². The highest BCUT2D eigenvalue weighted by Crippen LogP contribution is 2.40. The lowest BCUT2D eigenvalue weighted by Gasteiger charge is -2.36. The van der Waals surface area contributed by atoms with Crippen LogP contribution in [0.15, 0.2) is 11.8 Å². The Morgan fingerprint density at radius 3 is 2.74 bits per heavy atom. The molecule has 2 fully saturated rings. The molecule has 2 saturated heterocycles. The molecule has 0 aromatic carbocycles. The van der Waals surface area contributed by atoms with Gasteiger partial charge in [-0.25, -0.2) is 0 Å². The number of rotatable bonds is 0. The molecule has 5 nitrogen and oxygen atoms in total. The van der Waals surface area contributed by atoms with Gasteiger partial charge in [-0.15, -0.1) is 0 Å². The second-order valence-electron chi connectivity index (χ2n) is 4.50. The molecule has 4 unspecified atom stereocenters. The van der Waals surface area contributed by atoms with E-state index in [1.54, 1.807) is 6.92 Å². The van der Waals surface area contributed by atoms with Gasteiger partial charge in [0.05, 0.1) is 12.7 Å². The van der Waals surface area contributed by atoms with Gasteiger partial charge in [-0.3, -0.25) is 0 Å². The molecular formula is C14H16O5. The molecule has 5 heteroatoms. The van der Waals surface area contributed by atoms with E-state index in [0.717, 1.165) is 0 Å². The lowest BCUT2D eigenvalue weighted by Crippen LogP contribution is -2.50. The molecule has 0 amide bonds. The molecule has 4 atom stereocenters. The summed E-state index contributed by atoms with van der Waals surface area (Å²) in [6.07, 6.45) is -0.798. The minimum absolute atomic E-state index is 0.0735. The first-order valence-corrected chi connectivity index (χ1v) is 6.08. The Bertz CT molecular complexity index is 479. The number of ether oxygens (including phenoxy) is 2. The maximum Gasteiger partial charge on any atom is 0.239 e. The van der Waals surface area contributed by atoms with E-state index in [9.17, 15) is 15.3 Å². The molecular weight excluding hydrogens is 248 g/mol. The van der Waals surface area contributed by atoms with Crippen LogP contribution in [0, 0.1) is 23.7 Å². The van der Waals surface area contributed by atoms with Crippen LogP contribution < -0.4 is 0 Å². The summed E-state index contributed by atoms with van der Waals surface area (Å²) in [5.74, 6) is 9.24. The van der Waals surface area contributed by atoms with Gasteiger partial charge in [0.15, 0.2) is 6.10 Å². The Balaban J connectivity index is 2.14. The quantitative estimate of drug-likeness (QED) is 0.515. The van der Waals surface area contributed by atoms with Crippen molar-refractivity contribution in [3.8, 4) is 23.7 Å². The van der Waals surface area contributed by atoms with Crippen molar-refractivity contribution in [2.24, 2.45) is 0 Å². The Labute approximate surface area is 111 Å². The lowest BCUT2D eigenvalue weighted by molar-refractivity contribution is -0.272. The van der Waals surface area contributed by atoms with Crippen LogP contribution in [0.3, 0.4) is 0 Å². The molecule has 0 aromatic rings. The van der Waals surface area contributed by atoms with Crippen LogP contribution in [0.2, 0.25) is 0 Å². The Hall–Kier alpha value is -1.50. The molecule has 3 N–H and O–H groups in total. The highest BCUT2D eigenvalue weighted by atomic mass is 16.7. The summed E-state index contributed by atoms with van der Waals surface area (Å²) in [5, 5.41) is 29.3. The first-order valence-electron chi connectivity index (χ1n) is 6.08. The van der Waals surface area contributed by atoms with Gasteiger partial charge in [-0.1, -0.05) is 11.8 Å².